The van der Waals surface area contributed by atoms with E-state index in [1.807, 2.05) is 6.92 Å². The summed E-state index contributed by atoms with van der Waals surface area (Å²) in [6, 6.07) is 10.4. The highest BCUT2D eigenvalue weighted by Gasteiger charge is 2.36. The molecule has 0 aliphatic carbocycles. The number of rotatable bonds is 4. The second kappa shape index (κ2) is 7.64. The molecule has 0 N–H and O–H groups in total. The molecule has 0 spiro atoms. The number of halogens is 4. The Labute approximate surface area is 174 Å². The molecule has 1 fully saturated rings. The van der Waals surface area contributed by atoms with Gasteiger partial charge in [0.05, 0.1) is 5.92 Å². The van der Waals surface area contributed by atoms with E-state index in [0.29, 0.717) is 23.0 Å². The van der Waals surface area contributed by atoms with Crippen molar-refractivity contribution in [1.82, 2.24) is 10.1 Å². The van der Waals surface area contributed by atoms with Gasteiger partial charge in [0.15, 0.2) is 0 Å². The third kappa shape index (κ3) is 4.25. The molecule has 0 saturated carbocycles. The third-order valence-corrected chi connectivity index (χ3v) is 4.95. The summed E-state index contributed by atoms with van der Waals surface area (Å²) in [5.74, 6) is -0.189. The van der Waals surface area contributed by atoms with Gasteiger partial charge < -0.3 is 14.2 Å². The number of anilines is 1. The number of ether oxygens (including phenoxy) is 1. The summed E-state index contributed by atoms with van der Waals surface area (Å²) >= 11 is 5.99. The minimum Gasteiger partial charge on any atom is -0.406 e. The Kier molecular flexibility index (Phi) is 5.15. The van der Waals surface area contributed by atoms with Crippen LogP contribution >= 0.6 is 11.6 Å². The topological polar surface area (TPSA) is 68.5 Å². The lowest BCUT2D eigenvalue weighted by Gasteiger charge is -2.18. The molecule has 10 heteroatoms. The van der Waals surface area contributed by atoms with Crippen molar-refractivity contribution in [3.05, 3.63) is 58.9 Å². The van der Waals surface area contributed by atoms with Gasteiger partial charge in [-0.15, -0.1) is 13.2 Å². The summed E-state index contributed by atoms with van der Waals surface area (Å²) in [4.78, 5) is 18.5. The van der Waals surface area contributed by atoms with Gasteiger partial charge in [0.1, 0.15) is 5.75 Å². The van der Waals surface area contributed by atoms with Crippen LogP contribution in [0.1, 0.15) is 23.8 Å². The van der Waals surface area contributed by atoms with E-state index < -0.39 is 6.36 Å². The normalized spacial score (nSPS) is 16.9. The van der Waals surface area contributed by atoms with Crippen LogP contribution in [0.2, 0.25) is 5.02 Å². The summed E-state index contributed by atoms with van der Waals surface area (Å²) in [6.45, 7) is 2.25. The first-order valence-corrected chi connectivity index (χ1v) is 9.34. The standard InChI is InChI=1S/C20H15ClF3N3O3/c1-11-8-14(21)4-7-16(11)27-10-13(9-17(27)28)19-25-18(26-30-19)12-2-5-15(6-3-12)29-20(22,23)24/h2-8,13H,9-10H2,1H3. The number of aromatic nitrogens is 2. The Balaban J connectivity index is 1.50. The van der Waals surface area contributed by atoms with E-state index in [9.17, 15) is 18.0 Å². The number of alkyl halides is 3. The summed E-state index contributed by atoms with van der Waals surface area (Å²) in [5.41, 5.74) is 2.12. The molecule has 156 valence electrons. The molecule has 1 aliphatic rings. The van der Waals surface area contributed by atoms with Gasteiger partial charge in [0, 0.05) is 29.2 Å². The lowest BCUT2D eigenvalue weighted by molar-refractivity contribution is -0.274. The van der Waals surface area contributed by atoms with Crippen LogP contribution in [0.3, 0.4) is 0 Å². The van der Waals surface area contributed by atoms with Crippen molar-refractivity contribution in [2.75, 3.05) is 11.4 Å². The van der Waals surface area contributed by atoms with Gasteiger partial charge in [-0.05, 0) is 55.0 Å². The first kappa shape index (κ1) is 20.2. The molecule has 4 rings (SSSR count). The molecule has 30 heavy (non-hydrogen) atoms. The second-order valence-corrected chi connectivity index (χ2v) is 7.30. The molecule has 1 amide bonds. The number of carbonyl (C=O) groups is 1. The van der Waals surface area contributed by atoms with Crippen LogP contribution in [-0.2, 0) is 4.79 Å². The van der Waals surface area contributed by atoms with Gasteiger partial charge in [-0.2, -0.15) is 4.98 Å². The van der Waals surface area contributed by atoms with Crippen molar-refractivity contribution in [3.8, 4) is 17.1 Å². The minimum atomic E-state index is -4.76. The lowest BCUT2D eigenvalue weighted by atomic mass is 10.1. The fraction of sp³-hybridized carbons (Fsp3) is 0.250. The number of amides is 1. The molecule has 3 aromatic rings. The summed E-state index contributed by atoms with van der Waals surface area (Å²) in [5, 5.41) is 4.48. The summed E-state index contributed by atoms with van der Waals surface area (Å²) < 4.78 is 46.0. The molecular weight excluding hydrogens is 423 g/mol. The molecule has 1 unspecified atom stereocenters. The molecule has 1 saturated heterocycles. The predicted molar refractivity (Wildman–Crippen MR) is 102 cm³/mol. The molecule has 1 aromatic heterocycles. The van der Waals surface area contributed by atoms with Crippen LogP contribution in [0.4, 0.5) is 18.9 Å². The van der Waals surface area contributed by atoms with Gasteiger partial charge in [-0.25, -0.2) is 0 Å². The number of hydrogen-bond acceptors (Lipinski definition) is 5. The maximum atomic E-state index is 12.5. The number of carbonyl (C=O) groups excluding carboxylic acids is 1. The van der Waals surface area contributed by atoms with E-state index in [1.165, 1.54) is 24.3 Å². The minimum absolute atomic E-state index is 0.0705. The molecule has 6 nitrogen and oxygen atoms in total. The zero-order valence-electron chi connectivity index (χ0n) is 15.6. The van der Waals surface area contributed by atoms with Crippen LogP contribution in [0.15, 0.2) is 47.0 Å². The number of aryl methyl sites for hydroxylation is 1. The molecule has 1 aliphatic heterocycles. The highest BCUT2D eigenvalue weighted by molar-refractivity contribution is 6.30. The Morgan fingerprint density at radius 3 is 2.60 bits per heavy atom. The Morgan fingerprint density at radius 2 is 1.93 bits per heavy atom. The van der Waals surface area contributed by atoms with Crippen molar-refractivity contribution in [2.24, 2.45) is 0 Å². The molecular formula is C20H15ClF3N3O3. The van der Waals surface area contributed by atoms with Crippen LogP contribution in [-0.4, -0.2) is 29.0 Å². The smallest absolute Gasteiger partial charge is 0.406 e. The number of hydrogen-bond donors (Lipinski definition) is 0. The monoisotopic (exact) mass is 437 g/mol. The maximum absolute atomic E-state index is 12.5. The fourth-order valence-corrected chi connectivity index (χ4v) is 3.58. The van der Waals surface area contributed by atoms with Gasteiger partial charge in [0.25, 0.3) is 0 Å². The maximum Gasteiger partial charge on any atom is 0.573 e. The first-order chi connectivity index (χ1) is 14.2. The first-order valence-electron chi connectivity index (χ1n) is 8.96. The number of benzene rings is 2. The van der Waals surface area contributed by atoms with E-state index >= 15 is 0 Å². The largest absolute Gasteiger partial charge is 0.573 e. The van der Waals surface area contributed by atoms with Crippen LogP contribution in [0.5, 0.6) is 5.75 Å². The van der Waals surface area contributed by atoms with Gasteiger partial charge in [-0.3, -0.25) is 4.79 Å². The Bertz CT molecular complexity index is 1080. The van der Waals surface area contributed by atoms with Gasteiger partial charge >= 0.3 is 6.36 Å². The van der Waals surface area contributed by atoms with E-state index in [2.05, 4.69) is 14.9 Å². The fourth-order valence-electron chi connectivity index (χ4n) is 3.35. The SMILES string of the molecule is Cc1cc(Cl)ccc1N1CC(c2nc(-c3ccc(OC(F)(F)F)cc3)no2)CC1=O. The van der Waals surface area contributed by atoms with E-state index in [0.717, 1.165) is 11.3 Å². The lowest BCUT2D eigenvalue weighted by Crippen LogP contribution is -2.25. The van der Waals surface area contributed by atoms with E-state index in [1.54, 1.807) is 23.1 Å². The molecule has 2 aromatic carbocycles. The van der Waals surface area contributed by atoms with E-state index in [4.69, 9.17) is 16.1 Å². The molecule has 0 bridgehead atoms. The van der Waals surface area contributed by atoms with E-state index in [-0.39, 0.29) is 29.8 Å². The Morgan fingerprint density at radius 1 is 1.20 bits per heavy atom. The molecule has 2 heterocycles. The van der Waals surface area contributed by atoms with Crippen LogP contribution < -0.4 is 9.64 Å². The number of nitrogens with zero attached hydrogens (tertiary/aromatic N) is 3. The average molecular weight is 438 g/mol. The van der Waals surface area contributed by atoms with Crippen molar-refractivity contribution < 1.29 is 27.2 Å². The molecule has 0 radical (unpaired) electrons. The molecule has 1 atom stereocenters. The summed E-state index contributed by atoms with van der Waals surface area (Å²) in [7, 11) is 0. The van der Waals surface area contributed by atoms with Gasteiger partial charge in [-0.1, -0.05) is 16.8 Å². The van der Waals surface area contributed by atoms with Crippen LogP contribution in [0, 0.1) is 6.92 Å². The highest BCUT2D eigenvalue weighted by Crippen LogP contribution is 2.34. The Hall–Kier alpha value is -3.07. The quantitative estimate of drug-likeness (QED) is 0.567. The highest BCUT2D eigenvalue weighted by atomic mass is 35.5. The average Bonchev–Trinajstić information content (AvgIpc) is 3.28. The predicted octanol–water partition coefficient (Wildman–Crippen LogP) is 5.12. The summed E-state index contributed by atoms with van der Waals surface area (Å²) in [6.07, 6.45) is -4.55. The van der Waals surface area contributed by atoms with Crippen molar-refractivity contribution in [3.63, 3.8) is 0 Å². The zero-order valence-corrected chi connectivity index (χ0v) is 16.4. The van der Waals surface area contributed by atoms with Gasteiger partial charge in [0.2, 0.25) is 17.6 Å². The third-order valence-electron chi connectivity index (χ3n) is 4.71. The second-order valence-electron chi connectivity index (χ2n) is 6.86. The zero-order chi connectivity index (χ0) is 21.5. The van der Waals surface area contributed by atoms with Crippen molar-refractivity contribution in [1.29, 1.82) is 0 Å². The van der Waals surface area contributed by atoms with Crippen molar-refractivity contribution >= 4 is 23.2 Å². The van der Waals surface area contributed by atoms with Crippen LogP contribution in [0.25, 0.3) is 11.4 Å². The van der Waals surface area contributed by atoms with Crippen molar-refractivity contribution in [2.45, 2.75) is 25.6 Å².